The summed E-state index contributed by atoms with van der Waals surface area (Å²) in [4.78, 5) is 23.0. The molecule has 1 saturated heterocycles. The van der Waals surface area contributed by atoms with Gasteiger partial charge in [-0.15, -0.1) is 0 Å². The summed E-state index contributed by atoms with van der Waals surface area (Å²) in [6.45, 7) is 2.07. The third-order valence-corrected chi connectivity index (χ3v) is 3.34. The summed E-state index contributed by atoms with van der Waals surface area (Å²) in [5.41, 5.74) is 0. The van der Waals surface area contributed by atoms with Crippen molar-refractivity contribution in [2.24, 2.45) is 0 Å². The fourth-order valence-corrected chi connectivity index (χ4v) is 2.28. The molecule has 2 rings (SSSR count). The number of carbonyl (C=O) groups excluding carboxylic acids is 1. The summed E-state index contributed by atoms with van der Waals surface area (Å²) >= 11 is 0. The van der Waals surface area contributed by atoms with E-state index in [0.29, 0.717) is 18.6 Å². The van der Waals surface area contributed by atoms with E-state index >= 15 is 0 Å². The van der Waals surface area contributed by atoms with Gasteiger partial charge < -0.3 is 24.3 Å². The Hall–Kier alpha value is -1.86. The number of methoxy groups -OCH3 is 1. The quantitative estimate of drug-likeness (QED) is 0.813. The van der Waals surface area contributed by atoms with E-state index in [0.717, 1.165) is 5.76 Å². The minimum absolute atomic E-state index is 0.258. The van der Waals surface area contributed by atoms with E-state index in [1.54, 1.807) is 12.1 Å². The average Bonchev–Trinajstić information content (AvgIpc) is 3.06. The number of rotatable bonds is 6. The van der Waals surface area contributed by atoms with Crippen LogP contribution in [0.15, 0.2) is 16.5 Å². The lowest BCUT2D eigenvalue weighted by Gasteiger charge is -2.18. The summed E-state index contributed by atoms with van der Waals surface area (Å²) in [5.74, 6) is -0.0610. The average molecular weight is 297 g/mol. The predicted octanol–water partition coefficient (Wildman–Crippen LogP) is 1.02. The Labute approximate surface area is 122 Å². The number of aliphatic carboxylic acids is 1. The Bertz CT molecular complexity index is 511. The number of furan rings is 1. The van der Waals surface area contributed by atoms with E-state index in [4.69, 9.17) is 19.0 Å². The van der Waals surface area contributed by atoms with Gasteiger partial charge in [-0.2, -0.15) is 0 Å². The van der Waals surface area contributed by atoms with Crippen LogP contribution in [0.4, 0.5) is 0 Å². The number of hydrogen-bond donors (Lipinski definition) is 2. The first-order chi connectivity index (χ1) is 10.0. The molecule has 0 bridgehead atoms. The van der Waals surface area contributed by atoms with Crippen LogP contribution in [0.2, 0.25) is 0 Å². The molecule has 2 heterocycles. The summed E-state index contributed by atoms with van der Waals surface area (Å²) < 4.78 is 15.8. The van der Waals surface area contributed by atoms with Crippen LogP contribution >= 0.6 is 0 Å². The number of hydrogen-bond acceptors (Lipinski definition) is 5. The van der Waals surface area contributed by atoms with Gasteiger partial charge in [0, 0.05) is 7.11 Å². The normalized spacial score (nSPS) is 23.0. The van der Waals surface area contributed by atoms with Gasteiger partial charge in [-0.3, -0.25) is 4.79 Å². The molecular formula is C14H19NO6. The van der Waals surface area contributed by atoms with Crippen molar-refractivity contribution in [2.45, 2.75) is 38.0 Å². The zero-order valence-electron chi connectivity index (χ0n) is 12.0. The maximum absolute atomic E-state index is 12.2. The lowest BCUT2D eigenvalue weighted by atomic mass is 10.1. The van der Waals surface area contributed by atoms with Crippen LogP contribution in [0.3, 0.4) is 0 Å². The lowest BCUT2D eigenvalue weighted by molar-refractivity contribution is -0.152. The second-order valence-corrected chi connectivity index (χ2v) is 4.99. The highest BCUT2D eigenvalue weighted by molar-refractivity contribution is 5.82. The molecule has 0 aromatic carbocycles. The molecule has 1 aromatic heterocycles. The van der Waals surface area contributed by atoms with Crippen molar-refractivity contribution in [3.05, 3.63) is 23.7 Å². The van der Waals surface area contributed by atoms with Gasteiger partial charge in [-0.25, -0.2) is 4.79 Å². The van der Waals surface area contributed by atoms with Crippen molar-refractivity contribution in [1.29, 1.82) is 0 Å². The SMILES string of the molecule is COCC(NC(=O)[C@@H]1CC[C@H](C(=O)O)O1)c1ccc(C)o1. The molecule has 1 aliphatic rings. The number of nitrogens with one attached hydrogen (secondary N) is 1. The summed E-state index contributed by atoms with van der Waals surface area (Å²) in [6, 6.07) is 3.15. The van der Waals surface area contributed by atoms with Crippen LogP contribution in [0.5, 0.6) is 0 Å². The Morgan fingerprint density at radius 3 is 2.67 bits per heavy atom. The molecule has 1 unspecified atom stereocenters. The van der Waals surface area contributed by atoms with Gasteiger partial charge in [-0.1, -0.05) is 0 Å². The Kier molecular flexibility index (Phi) is 4.98. The molecule has 2 N–H and O–H groups in total. The zero-order valence-corrected chi connectivity index (χ0v) is 12.0. The van der Waals surface area contributed by atoms with Gasteiger partial charge in [0.15, 0.2) is 6.10 Å². The fraction of sp³-hybridized carbons (Fsp3) is 0.571. The van der Waals surface area contributed by atoms with Gasteiger partial charge in [0.25, 0.3) is 0 Å². The zero-order chi connectivity index (χ0) is 15.4. The molecule has 1 aromatic rings. The highest BCUT2D eigenvalue weighted by Crippen LogP contribution is 2.22. The minimum atomic E-state index is -1.04. The van der Waals surface area contributed by atoms with E-state index in [2.05, 4.69) is 5.32 Å². The molecule has 3 atom stereocenters. The molecule has 0 aliphatic carbocycles. The first-order valence-corrected chi connectivity index (χ1v) is 6.75. The fourth-order valence-electron chi connectivity index (χ4n) is 2.28. The van der Waals surface area contributed by atoms with Crippen LogP contribution < -0.4 is 5.32 Å². The van der Waals surface area contributed by atoms with E-state index in [-0.39, 0.29) is 12.5 Å². The van der Waals surface area contributed by atoms with Crippen molar-refractivity contribution in [3.8, 4) is 0 Å². The number of carbonyl (C=O) groups is 2. The molecule has 1 amide bonds. The molecule has 0 radical (unpaired) electrons. The topological polar surface area (TPSA) is 98.0 Å². The molecule has 21 heavy (non-hydrogen) atoms. The molecule has 116 valence electrons. The van der Waals surface area contributed by atoms with Crippen LogP contribution in [0.1, 0.15) is 30.4 Å². The number of aryl methyl sites for hydroxylation is 1. The summed E-state index contributed by atoms with van der Waals surface area (Å²) in [6.07, 6.45) is -0.934. The lowest BCUT2D eigenvalue weighted by Crippen LogP contribution is -2.39. The second-order valence-electron chi connectivity index (χ2n) is 4.99. The first kappa shape index (κ1) is 15.5. The Morgan fingerprint density at radius 1 is 1.43 bits per heavy atom. The monoisotopic (exact) mass is 297 g/mol. The van der Waals surface area contributed by atoms with E-state index in [1.807, 2.05) is 6.92 Å². The van der Waals surface area contributed by atoms with E-state index in [9.17, 15) is 9.59 Å². The number of amides is 1. The van der Waals surface area contributed by atoms with Gasteiger partial charge in [0.1, 0.15) is 23.7 Å². The third-order valence-electron chi connectivity index (χ3n) is 3.34. The maximum atomic E-state index is 12.2. The molecule has 7 nitrogen and oxygen atoms in total. The minimum Gasteiger partial charge on any atom is -0.479 e. The molecule has 1 aliphatic heterocycles. The molecule has 0 saturated carbocycles. The van der Waals surface area contributed by atoms with Crippen molar-refractivity contribution >= 4 is 11.9 Å². The highest BCUT2D eigenvalue weighted by atomic mass is 16.5. The number of ether oxygens (including phenoxy) is 2. The van der Waals surface area contributed by atoms with Crippen molar-refractivity contribution in [2.75, 3.05) is 13.7 Å². The molecular weight excluding hydrogens is 278 g/mol. The second kappa shape index (κ2) is 6.73. The van der Waals surface area contributed by atoms with Gasteiger partial charge in [0.05, 0.1) is 6.61 Å². The van der Waals surface area contributed by atoms with Crippen LogP contribution in [-0.4, -0.2) is 42.9 Å². The predicted molar refractivity (Wildman–Crippen MR) is 71.7 cm³/mol. The van der Waals surface area contributed by atoms with Gasteiger partial charge in [0.2, 0.25) is 5.91 Å². The molecule has 1 fully saturated rings. The maximum Gasteiger partial charge on any atom is 0.332 e. The van der Waals surface area contributed by atoms with Crippen LogP contribution in [-0.2, 0) is 19.1 Å². The highest BCUT2D eigenvalue weighted by Gasteiger charge is 2.35. The van der Waals surface area contributed by atoms with Crippen LogP contribution in [0, 0.1) is 6.92 Å². The third kappa shape index (κ3) is 3.83. The molecule has 7 heteroatoms. The van der Waals surface area contributed by atoms with E-state index < -0.39 is 24.2 Å². The van der Waals surface area contributed by atoms with Crippen molar-refractivity contribution in [3.63, 3.8) is 0 Å². The van der Waals surface area contributed by atoms with Crippen molar-refractivity contribution in [1.82, 2.24) is 5.32 Å². The number of carboxylic acids is 1. The van der Waals surface area contributed by atoms with Crippen LogP contribution in [0.25, 0.3) is 0 Å². The Balaban J connectivity index is 1.97. The van der Waals surface area contributed by atoms with Crippen molar-refractivity contribution < 1.29 is 28.6 Å². The summed E-state index contributed by atoms with van der Waals surface area (Å²) in [5, 5.41) is 11.6. The number of carboxylic acid groups (broad SMARTS) is 1. The smallest absolute Gasteiger partial charge is 0.332 e. The summed E-state index contributed by atoms with van der Waals surface area (Å²) in [7, 11) is 1.53. The molecule has 0 spiro atoms. The van der Waals surface area contributed by atoms with E-state index in [1.165, 1.54) is 7.11 Å². The van der Waals surface area contributed by atoms with Gasteiger partial charge >= 0.3 is 5.97 Å². The Morgan fingerprint density at radius 2 is 2.14 bits per heavy atom. The first-order valence-electron chi connectivity index (χ1n) is 6.75. The van der Waals surface area contributed by atoms with Gasteiger partial charge in [-0.05, 0) is 31.9 Å². The largest absolute Gasteiger partial charge is 0.479 e. The standard InChI is InChI=1S/C14H19NO6/c1-8-3-4-10(20-8)9(7-19-2)15-13(16)11-5-6-12(21-11)14(17)18/h3-4,9,11-12H,5-7H2,1-2H3,(H,15,16)(H,17,18)/t9?,11-,12+/m0/s1.